The van der Waals surface area contributed by atoms with Gasteiger partial charge in [-0.2, -0.15) is 11.8 Å². The third kappa shape index (κ3) is 25.2. The SMILES string of the molecule is CC(C)(C)OC(=O)[C@H](CSC[C@H](O)CCCCCO)NC(=O)OCC1c2ccccc2-c2ccccc21.CCCCCC[C@@H]1CO1.C[C@@H](CSSC[C@H](NC(=O)OCC1c2ccccc2-c2ccccc21)C(=O)OC(C)(C)C)C(=O)OC(C)(C)C. The molecule has 0 aromatic heterocycles. The third-order valence-electron chi connectivity index (χ3n) is 13.7. The van der Waals surface area contributed by atoms with Crippen LogP contribution in [0.2, 0.25) is 0 Å². The summed E-state index contributed by atoms with van der Waals surface area (Å²) >= 11 is 1.38. The highest BCUT2D eigenvalue weighted by molar-refractivity contribution is 8.76. The summed E-state index contributed by atoms with van der Waals surface area (Å²) in [6.07, 6.45) is 8.64. The summed E-state index contributed by atoms with van der Waals surface area (Å²) in [7, 11) is 2.82. The monoisotopic (exact) mass is 1230 g/mol. The maximum atomic E-state index is 12.9. The molecule has 18 heteroatoms. The Labute approximate surface area is 517 Å². The van der Waals surface area contributed by atoms with Crippen LogP contribution in [0.4, 0.5) is 9.59 Å². The first-order valence-corrected chi connectivity index (χ1v) is 33.7. The molecular weight excluding hydrogens is 1140 g/mol. The highest BCUT2D eigenvalue weighted by Crippen LogP contribution is 2.46. The van der Waals surface area contributed by atoms with Crippen molar-refractivity contribution in [3.05, 3.63) is 119 Å². The van der Waals surface area contributed by atoms with Crippen molar-refractivity contribution >= 4 is 63.4 Å². The molecule has 0 saturated carbocycles. The number of thioether (sulfide) groups is 1. The fourth-order valence-electron chi connectivity index (χ4n) is 9.49. The predicted octanol–water partition coefficient (Wildman–Crippen LogP) is 13.8. The van der Waals surface area contributed by atoms with E-state index in [4.69, 9.17) is 33.5 Å². The Hall–Kier alpha value is -5.24. The number of hydrogen-bond acceptors (Lipinski definition) is 16. The van der Waals surface area contributed by atoms with Crippen molar-refractivity contribution in [2.75, 3.05) is 49.4 Å². The average molecular weight is 1230 g/mol. The molecule has 0 unspecified atom stereocenters. The Morgan fingerprint density at radius 2 is 0.953 bits per heavy atom. The minimum atomic E-state index is -0.908. The maximum Gasteiger partial charge on any atom is 0.407 e. The molecule has 4 aromatic carbocycles. The summed E-state index contributed by atoms with van der Waals surface area (Å²) in [5.74, 6) is -0.354. The summed E-state index contributed by atoms with van der Waals surface area (Å²) < 4.78 is 32.8. The van der Waals surface area contributed by atoms with Crippen LogP contribution in [0.3, 0.4) is 0 Å². The minimum Gasteiger partial charge on any atom is -0.460 e. The second kappa shape index (κ2) is 34.9. The average Bonchev–Trinajstić information content (AvgIpc) is 1.86. The first-order chi connectivity index (χ1) is 40.4. The number of amides is 2. The summed E-state index contributed by atoms with van der Waals surface area (Å²) in [4.78, 5) is 63.6. The molecule has 2 amide bonds. The van der Waals surface area contributed by atoms with Crippen LogP contribution in [-0.4, -0.2) is 131 Å². The molecule has 1 heterocycles. The van der Waals surface area contributed by atoms with Crippen molar-refractivity contribution in [3.63, 3.8) is 0 Å². The van der Waals surface area contributed by atoms with E-state index in [-0.39, 0.29) is 55.0 Å². The molecule has 1 saturated heterocycles. The number of aliphatic hydroxyl groups is 2. The van der Waals surface area contributed by atoms with E-state index in [9.17, 15) is 29.1 Å². The molecular formula is C67H94N2O13S3. The molecule has 0 bridgehead atoms. The zero-order valence-electron chi connectivity index (χ0n) is 51.9. The second-order valence-corrected chi connectivity index (χ2v) is 28.3. The molecule has 5 atom stereocenters. The fraction of sp³-hybridized carbons (Fsp3) is 0.567. The normalized spacial score (nSPS) is 15.5. The standard InChI is InChI=1S/C30H39NO6S2.C29H39NO6S.C8H16O/c1-19(26(32)36-29(2,3)4)17-38-39-18-25(27(33)37-30(5,6)7)31-28(34)35-16-24-22-14-10-8-12-20(22)21-13-9-11-15-23(21)24;1-29(2,3)36-27(33)26(19-37-18-20(32)11-5-4-10-16-31)30-28(34)35-17-25-23-14-8-6-12-21(23)22-13-7-9-15-24(22)25;1-2-3-4-5-6-8-7-9-8/h8-15,19,24-25H,16-18H2,1-7H3,(H,31,34);6-9,12-15,20,25-26,31-32H,4-5,10-11,16-19H2,1-3H3,(H,30,34);8H,2-7H2,1H3/t19-,25-;20-,26+;8-/m011/s1. The largest absolute Gasteiger partial charge is 0.460 e. The summed E-state index contributed by atoms with van der Waals surface area (Å²) in [6.45, 7) is 21.7. The first-order valence-electron chi connectivity index (χ1n) is 30.0. The summed E-state index contributed by atoms with van der Waals surface area (Å²) in [5.41, 5.74) is 7.07. The Bertz CT molecular complexity index is 2640. The van der Waals surface area contributed by atoms with Gasteiger partial charge in [-0.15, -0.1) is 0 Å². The quantitative estimate of drug-likeness (QED) is 0.0137. The van der Waals surface area contributed by atoms with Crippen LogP contribution in [0, 0.1) is 5.92 Å². The number of alkyl carbamates (subject to hydrolysis) is 2. The molecule has 85 heavy (non-hydrogen) atoms. The van der Waals surface area contributed by atoms with Gasteiger partial charge in [0.1, 0.15) is 42.1 Å². The van der Waals surface area contributed by atoms with Crippen LogP contribution in [0.1, 0.15) is 168 Å². The Kier molecular flexibility index (Phi) is 29.0. The molecule has 15 nitrogen and oxygen atoms in total. The number of epoxide rings is 1. The zero-order chi connectivity index (χ0) is 62.2. The smallest absolute Gasteiger partial charge is 0.407 e. The number of rotatable bonds is 28. The number of hydrogen-bond donors (Lipinski definition) is 4. The Morgan fingerprint density at radius 1 is 0.553 bits per heavy atom. The van der Waals surface area contributed by atoms with Crippen LogP contribution < -0.4 is 10.6 Å². The lowest BCUT2D eigenvalue weighted by Crippen LogP contribution is -2.46. The number of aliphatic hydroxyl groups excluding tert-OH is 2. The number of unbranched alkanes of at least 4 members (excludes halogenated alkanes) is 5. The second-order valence-electron chi connectivity index (χ2n) is 24.7. The van der Waals surface area contributed by atoms with Gasteiger partial charge in [0.05, 0.1) is 24.7 Å². The van der Waals surface area contributed by atoms with Gasteiger partial charge >= 0.3 is 30.1 Å². The van der Waals surface area contributed by atoms with Gasteiger partial charge in [-0.1, -0.05) is 171 Å². The van der Waals surface area contributed by atoms with E-state index in [1.54, 1.807) is 41.5 Å². The molecule has 468 valence electrons. The van der Waals surface area contributed by atoms with Crippen molar-refractivity contribution in [2.45, 2.75) is 187 Å². The zero-order valence-corrected chi connectivity index (χ0v) is 54.4. The number of carbonyl (C=O) groups excluding carboxylic acids is 5. The van der Waals surface area contributed by atoms with Crippen LogP contribution in [0.15, 0.2) is 97.1 Å². The predicted molar refractivity (Wildman–Crippen MR) is 343 cm³/mol. The van der Waals surface area contributed by atoms with E-state index in [0.717, 1.165) is 70.4 Å². The van der Waals surface area contributed by atoms with Crippen LogP contribution in [0.25, 0.3) is 22.3 Å². The number of carbonyl (C=O) groups is 5. The summed E-state index contributed by atoms with van der Waals surface area (Å²) in [5, 5.41) is 24.5. The van der Waals surface area contributed by atoms with Crippen LogP contribution in [-0.2, 0) is 42.8 Å². The van der Waals surface area contributed by atoms with E-state index in [0.29, 0.717) is 24.0 Å². The third-order valence-corrected chi connectivity index (χ3v) is 17.4. The van der Waals surface area contributed by atoms with Crippen molar-refractivity contribution in [3.8, 4) is 22.3 Å². The van der Waals surface area contributed by atoms with Gasteiger partial charge in [-0.25, -0.2) is 19.2 Å². The van der Waals surface area contributed by atoms with Crippen molar-refractivity contribution < 1.29 is 62.6 Å². The van der Waals surface area contributed by atoms with Gasteiger partial charge in [-0.3, -0.25) is 4.79 Å². The molecule has 1 aliphatic heterocycles. The van der Waals surface area contributed by atoms with Gasteiger partial charge in [0.2, 0.25) is 0 Å². The number of ether oxygens (including phenoxy) is 6. The highest BCUT2D eigenvalue weighted by Gasteiger charge is 2.34. The maximum absolute atomic E-state index is 12.9. The number of esters is 3. The lowest BCUT2D eigenvalue weighted by atomic mass is 9.98. The summed E-state index contributed by atoms with van der Waals surface area (Å²) in [6, 6.07) is 30.6. The molecule has 4 N–H and O–H groups in total. The molecule has 7 rings (SSSR count). The number of benzene rings is 4. The Balaban J connectivity index is 0.000000270. The highest BCUT2D eigenvalue weighted by atomic mass is 33.1. The van der Waals surface area contributed by atoms with Crippen LogP contribution >= 0.6 is 33.3 Å². The van der Waals surface area contributed by atoms with E-state index in [2.05, 4.69) is 66.1 Å². The molecule has 4 aromatic rings. The molecule has 2 aliphatic carbocycles. The van der Waals surface area contributed by atoms with Gasteiger partial charge in [0, 0.05) is 41.5 Å². The van der Waals surface area contributed by atoms with E-state index in [1.165, 1.54) is 65.5 Å². The molecule has 1 fully saturated rings. The van der Waals surface area contributed by atoms with Crippen molar-refractivity contribution in [2.24, 2.45) is 5.92 Å². The van der Waals surface area contributed by atoms with Gasteiger partial charge in [0.25, 0.3) is 0 Å². The van der Waals surface area contributed by atoms with Gasteiger partial charge < -0.3 is 49.3 Å². The number of nitrogens with one attached hydrogen (secondary N) is 2. The first kappa shape index (κ1) is 70.5. The van der Waals surface area contributed by atoms with Crippen molar-refractivity contribution in [1.29, 1.82) is 0 Å². The molecule has 0 spiro atoms. The number of fused-ring (bicyclic) bond motifs is 6. The van der Waals surface area contributed by atoms with E-state index < -0.39 is 59.1 Å². The lowest BCUT2D eigenvalue weighted by molar-refractivity contribution is -0.159. The van der Waals surface area contributed by atoms with Gasteiger partial charge in [-0.05, 0) is 126 Å². The lowest BCUT2D eigenvalue weighted by Gasteiger charge is -2.25. The topological polar surface area (TPSA) is 209 Å². The minimum absolute atomic E-state index is 0.0755. The molecule has 0 radical (unpaired) electrons. The fourth-order valence-corrected chi connectivity index (χ4v) is 13.0. The van der Waals surface area contributed by atoms with E-state index >= 15 is 0 Å². The van der Waals surface area contributed by atoms with Gasteiger partial charge in [0.15, 0.2) is 0 Å². The molecule has 3 aliphatic rings. The van der Waals surface area contributed by atoms with E-state index in [1.807, 2.05) is 76.2 Å². The van der Waals surface area contributed by atoms with Crippen molar-refractivity contribution in [1.82, 2.24) is 10.6 Å². The Morgan fingerprint density at radius 3 is 1.36 bits per heavy atom. The van der Waals surface area contributed by atoms with Crippen LogP contribution in [0.5, 0.6) is 0 Å².